The highest BCUT2D eigenvalue weighted by Crippen LogP contribution is 2.24. The van der Waals surface area contributed by atoms with E-state index in [1.165, 1.54) is 12.2 Å². The first-order valence-electron chi connectivity index (χ1n) is 4.51. The molecule has 1 aromatic heterocycles. The Balaban J connectivity index is 2.08. The van der Waals surface area contributed by atoms with Gasteiger partial charge in [-0.05, 0) is 34.2 Å². The molecule has 1 atom stereocenters. The quantitative estimate of drug-likeness (QED) is 0.869. The molecular weight excluding hydrogens is 262 g/mol. The third kappa shape index (κ3) is 2.33. The highest BCUT2D eigenvalue weighted by atomic mass is 79.9. The first-order chi connectivity index (χ1) is 6.75. The Morgan fingerprint density at radius 2 is 2.50 bits per heavy atom. The Morgan fingerprint density at radius 1 is 1.64 bits per heavy atom. The summed E-state index contributed by atoms with van der Waals surface area (Å²) in [5.41, 5.74) is 6.54. The van der Waals surface area contributed by atoms with Crippen LogP contribution in [0.5, 0.6) is 0 Å². The molecule has 14 heavy (non-hydrogen) atoms. The Morgan fingerprint density at radius 3 is 3.14 bits per heavy atom. The lowest BCUT2D eigenvalue weighted by molar-refractivity contribution is 0.807. The third-order valence-electron chi connectivity index (χ3n) is 2.15. The minimum atomic E-state index is 0.524. The van der Waals surface area contributed by atoms with Crippen molar-refractivity contribution in [3.8, 4) is 0 Å². The van der Waals surface area contributed by atoms with Gasteiger partial charge in [-0.1, -0.05) is 0 Å². The number of halogens is 1. The lowest BCUT2D eigenvalue weighted by atomic mass is 10.2. The first kappa shape index (κ1) is 10.1. The van der Waals surface area contributed by atoms with Gasteiger partial charge in [-0.2, -0.15) is 11.8 Å². The summed E-state index contributed by atoms with van der Waals surface area (Å²) in [4.78, 5) is 4.25. The van der Waals surface area contributed by atoms with Gasteiger partial charge in [0, 0.05) is 22.5 Å². The fourth-order valence-corrected chi connectivity index (χ4v) is 2.92. The van der Waals surface area contributed by atoms with Crippen molar-refractivity contribution in [2.45, 2.75) is 12.5 Å². The number of thioether (sulfide) groups is 1. The molecule has 0 amide bonds. The van der Waals surface area contributed by atoms with E-state index in [1.54, 1.807) is 6.20 Å². The summed E-state index contributed by atoms with van der Waals surface area (Å²) in [6.07, 6.45) is 2.96. The number of aromatic nitrogens is 1. The molecular formula is C9H12BrN3S. The van der Waals surface area contributed by atoms with Gasteiger partial charge in [-0.25, -0.2) is 4.98 Å². The predicted molar refractivity (Wildman–Crippen MR) is 65.7 cm³/mol. The fourth-order valence-electron chi connectivity index (χ4n) is 1.42. The summed E-state index contributed by atoms with van der Waals surface area (Å²) in [5, 5.41) is 3.36. The Kier molecular flexibility index (Phi) is 3.18. The van der Waals surface area contributed by atoms with E-state index in [0.717, 1.165) is 16.0 Å². The van der Waals surface area contributed by atoms with Gasteiger partial charge < -0.3 is 11.1 Å². The van der Waals surface area contributed by atoms with E-state index in [0.29, 0.717) is 11.7 Å². The molecule has 0 aromatic carbocycles. The van der Waals surface area contributed by atoms with Gasteiger partial charge in [0.15, 0.2) is 0 Å². The normalized spacial score (nSPS) is 21.1. The van der Waals surface area contributed by atoms with Crippen LogP contribution in [0.3, 0.4) is 0 Å². The van der Waals surface area contributed by atoms with Crippen LogP contribution in [0.2, 0.25) is 0 Å². The van der Waals surface area contributed by atoms with Crippen LogP contribution in [-0.4, -0.2) is 22.5 Å². The van der Waals surface area contributed by atoms with E-state index in [9.17, 15) is 0 Å². The summed E-state index contributed by atoms with van der Waals surface area (Å²) >= 11 is 5.30. The SMILES string of the molecule is Nc1cc(Br)cnc1NC1CCSC1. The van der Waals surface area contributed by atoms with Gasteiger partial charge in [0.2, 0.25) is 0 Å². The maximum atomic E-state index is 5.84. The molecule has 1 unspecified atom stereocenters. The number of nitrogens with zero attached hydrogens (tertiary/aromatic N) is 1. The highest BCUT2D eigenvalue weighted by molar-refractivity contribution is 9.10. The van der Waals surface area contributed by atoms with E-state index >= 15 is 0 Å². The smallest absolute Gasteiger partial charge is 0.149 e. The summed E-state index contributed by atoms with van der Waals surface area (Å²) in [6, 6.07) is 2.40. The van der Waals surface area contributed by atoms with Crippen molar-refractivity contribution in [2.75, 3.05) is 22.6 Å². The summed E-state index contributed by atoms with van der Waals surface area (Å²) in [5.74, 6) is 3.19. The van der Waals surface area contributed by atoms with Crippen LogP contribution in [0.25, 0.3) is 0 Å². The molecule has 1 saturated heterocycles. The number of hydrogen-bond acceptors (Lipinski definition) is 4. The van der Waals surface area contributed by atoms with Crippen molar-refractivity contribution in [3.63, 3.8) is 0 Å². The number of nitrogens with one attached hydrogen (secondary N) is 1. The molecule has 0 radical (unpaired) electrons. The van der Waals surface area contributed by atoms with E-state index in [1.807, 2.05) is 17.8 Å². The molecule has 0 aliphatic carbocycles. The van der Waals surface area contributed by atoms with Crippen LogP contribution in [0.1, 0.15) is 6.42 Å². The van der Waals surface area contributed by atoms with Gasteiger partial charge in [-0.15, -0.1) is 0 Å². The summed E-state index contributed by atoms with van der Waals surface area (Å²) in [6.45, 7) is 0. The zero-order valence-corrected chi connectivity index (χ0v) is 10.1. The van der Waals surface area contributed by atoms with Crippen LogP contribution in [0, 0.1) is 0 Å². The zero-order valence-electron chi connectivity index (χ0n) is 7.66. The number of hydrogen-bond donors (Lipinski definition) is 2. The Hall–Kier alpha value is -0.420. The third-order valence-corrected chi connectivity index (χ3v) is 3.75. The molecule has 5 heteroatoms. The van der Waals surface area contributed by atoms with Crippen molar-refractivity contribution < 1.29 is 0 Å². The molecule has 2 rings (SSSR count). The number of pyridine rings is 1. The maximum Gasteiger partial charge on any atom is 0.149 e. The molecule has 1 aliphatic heterocycles. The number of nitrogens with two attached hydrogens (primary N) is 1. The minimum Gasteiger partial charge on any atom is -0.396 e. The lowest BCUT2D eigenvalue weighted by Crippen LogP contribution is -2.19. The molecule has 3 N–H and O–H groups in total. The highest BCUT2D eigenvalue weighted by Gasteiger charge is 2.16. The molecule has 3 nitrogen and oxygen atoms in total. The summed E-state index contributed by atoms with van der Waals surface area (Å²) in [7, 11) is 0. The van der Waals surface area contributed by atoms with Crippen LogP contribution < -0.4 is 11.1 Å². The minimum absolute atomic E-state index is 0.524. The van der Waals surface area contributed by atoms with Gasteiger partial charge in [0.05, 0.1) is 5.69 Å². The van der Waals surface area contributed by atoms with E-state index in [2.05, 4.69) is 26.2 Å². The van der Waals surface area contributed by atoms with Gasteiger partial charge in [0.1, 0.15) is 5.82 Å². The van der Waals surface area contributed by atoms with Gasteiger partial charge in [0.25, 0.3) is 0 Å². The second-order valence-corrected chi connectivity index (χ2v) is 5.36. The van der Waals surface area contributed by atoms with Crippen LogP contribution >= 0.6 is 27.7 Å². The van der Waals surface area contributed by atoms with E-state index in [-0.39, 0.29) is 0 Å². The molecule has 1 aromatic rings. The van der Waals surface area contributed by atoms with Crippen molar-refractivity contribution >= 4 is 39.2 Å². The standard InChI is InChI=1S/C9H12BrN3S/c10-6-3-8(11)9(12-4-6)13-7-1-2-14-5-7/h3-4,7H,1-2,5,11H2,(H,12,13). The second-order valence-electron chi connectivity index (χ2n) is 3.30. The van der Waals surface area contributed by atoms with Crippen molar-refractivity contribution in [2.24, 2.45) is 0 Å². The maximum absolute atomic E-state index is 5.84. The van der Waals surface area contributed by atoms with Gasteiger partial charge in [-0.3, -0.25) is 0 Å². The lowest BCUT2D eigenvalue weighted by Gasteiger charge is -2.13. The Bertz CT molecular complexity index is 326. The van der Waals surface area contributed by atoms with Crippen molar-refractivity contribution in [3.05, 3.63) is 16.7 Å². The molecule has 0 saturated carbocycles. The average molecular weight is 274 g/mol. The van der Waals surface area contributed by atoms with Crippen LogP contribution in [-0.2, 0) is 0 Å². The largest absolute Gasteiger partial charge is 0.396 e. The topological polar surface area (TPSA) is 50.9 Å². The number of rotatable bonds is 2. The molecule has 0 bridgehead atoms. The zero-order chi connectivity index (χ0) is 9.97. The van der Waals surface area contributed by atoms with E-state index in [4.69, 9.17) is 5.73 Å². The van der Waals surface area contributed by atoms with Crippen LogP contribution in [0.4, 0.5) is 11.5 Å². The monoisotopic (exact) mass is 273 g/mol. The first-order valence-corrected chi connectivity index (χ1v) is 6.46. The van der Waals surface area contributed by atoms with Crippen molar-refractivity contribution in [1.29, 1.82) is 0 Å². The second kappa shape index (κ2) is 4.40. The average Bonchev–Trinajstić information content (AvgIpc) is 2.62. The molecule has 1 fully saturated rings. The fraction of sp³-hybridized carbons (Fsp3) is 0.444. The molecule has 1 aliphatic rings. The van der Waals surface area contributed by atoms with Crippen LogP contribution in [0.15, 0.2) is 16.7 Å². The van der Waals surface area contributed by atoms with Crippen molar-refractivity contribution in [1.82, 2.24) is 4.98 Å². The molecule has 76 valence electrons. The number of anilines is 2. The molecule has 0 spiro atoms. The summed E-state index contributed by atoms with van der Waals surface area (Å²) < 4.78 is 0.918. The Labute approximate surface area is 96.0 Å². The molecule has 2 heterocycles. The van der Waals surface area contributed by atoms with E-state index < -0.39 is 0 Å². The number of nitrogen functional groups attached to an aromatic ring is 1. The predicted octanol–water partition coefficient (Wildman–Crippen LogP) is 2.34. The van der Waals surface area contributed by atoms with Gasteiger partial charge >= 0.3 is 0 Å².